The summed E-state index contributed by atoms with van der Waals surface area (Å²) < 4.78 is 19.0. The monoisotopic (exact) mass is 279 g/mol. The molecule has 0 atom stereocenters. The summed E-state index contributed by atoms with van der Waals surface area (Å²) in [5, 5.41) is 8.48. The molecule has 1 N–H and O–H groups in total. The fourth-order valence-electron chi connectivity index (χ4n) is 1.37. The highest BCUT2D eigenvalue weighted by Gasteiger charge is 2.05. The summed E-state index contributed by atoms with van der Waals surface area (Å²) in [5.41, 5.74) is 2.14. The van der Waals surface area contributed by atoms with E-state index in [1.165, 1.54) is 29.5 Å². The number of aromatic nitrogens is 1. The van der Waals surface area contributed by atoms with Crippen molar-refractivity contribution in [1.29, 1.82) is 0 Å². The zero-order chi connectivity index (χ0) is 13.7. The van der Waals surface area contributed by atoms with Gasteiger partial charge in [-0.3, -0.25) is 4.98 Å². The standard InChI is InChI=1S/C13H10FNO3S/c14-11-5-9(2-4-13(16)17)1-3-12(11)18-7-10-6-15-8-19-10/h1-6,8H,7H2,(H,16,17)/b4-2+. The number of thiazole rings is 1. The Labute approximate surface area is 112 Å². The first kappa shape index (κ1) is 13.2. The van der Waals surface area contributed by atoms with Gasteiger partial charge in [-0.15, -0.1) is 11.3 Å². The quantitative estimate of drug-likeness (QED) is 0.855. The highest BCUT2D eigenvalue weighted by Crippen LogP contribution is 2.21. The van der Waals surface area contributed by atoms with Gasteiger partial charge in [-0.2, -0.15) is 0 Å². The minimum absolute atomic E-state index is 0.126. The third-order valence-electron chi connectivity index (χ3n) is 2.23. The number of carboxylic acid groups (broad SMARTS) is 1. The summed E-state index contributed by atoms with van der Waals surface area (Å²) in [4.78, 5) is 15.1. The first-order valence-electron chi connectivity index (χ1n) is 5.36. The van der Waals surface area contributed by atoms with Crippen molar-refractivity contribution in [3.05, 3.63) is 52.2 Å². The van der Waals surface area contributed by atoms with Crippen LogP contribution in [-0.4, -0.2) is 16.1 Å². The average Bonchev–Trinajstić information content (AvgIpc) is 2.88. The Bertz CT molecular complexity index is 596. The van der Waals surface area contributed by atoms with Crippen molar-refractivity contribution in [1.82, 2.24) is 4.98 Å². The summed E-state index contributed by atoms with van der Waals surface area (Å²) in [7, 11) is 0. The molecule has 0 aliphatic heterocycles. The summed E-state index contributed by atoms with van der Waals surface area (Å²) >= 11 is 1.43. The van der Waals surface area contributed by atoms with Gasteiger partial charge in [0, 0.05) is 12.3 Å². The van der Waals surface area contributed by atoms with Gasteiger partial charge in [0.1, 0.15) is 6.61 Å². The zero-order valence-electron chi connectivity index (χ0n) is 9.75. The summed E-state index contributed by atoms with van der Waals surface area (Å²) in [5.74, 6) is -1.48. The Morgan fingerprint density at radius 3 is 3.00 bits per heavy atom. The van der Waals surface area contributed by atoms with Crippen LogP contribution in [0.2, 0.25) is 0 Å². The first-order valence-corrected chi connectivity index (χ1v) is 6.24. The minimum atomic E-state index is -1.08. The molecular formula is C13H10FNO3S. The SMILES string of the molecule is O=C(O)/C=C/c1ccc(OCc2cncs2)c(F)c1. The van der Waals surface area contributed by atoms with Gasteiger partial charge in [0.2, 0.25) is 0 Å². The minimum Gasteiger partial charge on any atom is -0.485 e. The van der Waals surface area contributed by atoms with E-state index in [2.05, 4.69) is 4.98 Å². The lowest BCUT2D eigenvalue weighted by molar-refractivity contribution is -0.131. The van der Waals surface area contributed by atoms with Crippen molar-refractivity contribution in [3.63, 3.8) is 0 Å². The van der Waals surface area contributed by atoms with Gasteiger partial charge >= 0.3 is 5.97 Å². The number of ether oxygens (including phenoxy) is 1. The molecule has 0 unspecified atom stereocenters. The lowest BCUT2D eigenvalue weighted by Crippen LogP contribution is -1.96. The molecule has 2 aromatic rings. The molecule has 1 heterocycles. The number of rotatable bonds is 5. The van der Waals surface area contributed by atoms with E-state index < -0.39 is 11.8 Å². The molecule has 0 saturated carbocycles. The van der Waals surface area contributed by atoms with E-state index in [1.807, 2.05) is 0 Å². The maximum atomic E-state index is 13.7. The number of halogens is 1. The summed E-state index contributed by atoms with van der Waals surface area (Å²) in [6, 6.07) is 4.28. The second-order valence-electron chi connectivity index (χ2n) is 3.62. The van der Waals surface area contributed by atoms with Crippen LogP contribution >= 0.6 is 11.3 Å². The normalized spacial score (nSPS) is 10.8. The Balaban J connectivity index is 2.04. The largest absolute Gasteiger partial charge is 0.485 e. The van der Waals surface area contributed by atoms with Crippen molar-refractivity contribution in [2.45, 2.75) is 6.61 Å². The molecule has 0 aliphatic carbocycles. The van der Waals surface area contributed by atoms with Gasteiger partial charge in [0.25, 0.3) is 0 Å². The molecule has 6 heteroatoms. The van der Waals surface area contributed by atoms with E-state index in [-0.39, 0.29) is 12.4 Å². The van der Waals surface area contributed by atoms with E-state index in [0.717, 1.165) is 11.0 Å². The number of hydrogen-bond acceptors (Lipinski definition) is 4. The molecular weight excluding hydrogens is 269 g/mol. The Morgan fingerprint density at radius 2 is 2.37 bits per heavy atom. The molecule has 0 aliphatic rings. The number of carbonyl (C=O) groups is 1. The Hall–Kier alpha value is -2.21. The smallest absolute Gasteiger partial charge is 0.328 e. The van der Waals surface area contributed by atoms with Gasteiger partial charge in [-0.05, 0) is 23.8 Å². The molecule has 0 saturated heterocycles. The molecule has 0 fully saturated rings. The summed E-state index contributed by atoms with van der Waals surface area (Å²) in [6.07, 6.45) is 3.93. The van der Waals surface area contributed by atoms with Gasteiger partial charge in [-0.1, -0.05) is 6.07 Å². The molecule has 0 amide bonds. The average molecular weight is 279 g/mol. The van der Waals surface area contributed by atoms with Crippen LogP contribution in [0.15, 0.2) is 36.0 Å². The predicted octanol–water partition coefficient (Wildman–Crippen LogP) is 2.96. The third-order valence-corrected chi connectivity index (χ3v) is 2.98. The maximum absolute atomic E-state index is 13.7. The van der Waals surface area contributed by atoms with Crippen molar-refractivity contribution < 1.29 is 19.0 Å². The second kappa shape index (κ2) is 6.10. The molecule has 1 aromatic carbocycles. The van der Waals surface area contributed by atoms with Crippen LogP contribution in [0.1, 0.15) is 10.4 Å². The molecule has 1 aromatic heterocycles. The van der Waals surface area contributed by atoms with Crippen LogP contribution in [0.5, 0.6) is 5.75 Å². The van der Waals surface area contributed by atoms with Crippen LogP contribution in [0.4, 0.5) is 4.39 Å². The number of aliphatic carboxylic acids is 1. The zero-order valence-corrected chi connectivity index (χ0v) is 10.6. The number of nitrogens with zero attached hydrogens (tertiary/aromatic N) is 1. The molecule has 0 bridgehead atoms. The molecule has 19 heavy (non-hydrogen) atoms. The van der Waals surface area contributed by atoms with Gasteiger partial charge in [0.05, 0.1) is 10.4 Å². The van der Waals surface area contributed by atoms with E-state index in [9.17, 15) is 9.18 Å². The maximum Gasteiger partial charge on any atom is 0.328 e. The topological polar surface area (TPSA) is 59.4 Å². The molecule has 0 radical (unpaired) electrons. The van der Waals surface area contributed by atoms with E-state index in [4.69, 9.17) is 9.84 Å². The lowest BCUT2D eigenvalue weighted by atomic mass is 10.2. The molecule has 98 valence electrons. The van der Waals surface area contributed by atoms with Crippen LogP contribution in [0.3, 0.4) is 0 Å². The van der Waals surface area contributed by atoms with Crippen LogP contribution in [-0.2, 0) is 11.4 Å². The van der Waals surface area contributed by atoms with Crippen molar-refractivity contribution >= 4 is 23.4 Å². The van der Waals surface area contributed by atoms with E-state index in [0.29, 0.717) is 5.56 Å². The van der Waals surface area contributed by atoms with Crippen LogP contribution < -0.4 is 4.74 Å². The number of hydrogen-bond donors (Lipinski definition) is 1. The molecule has 2 rings (SSSR count). The van der Waals surface area contributed by atoms with Crippen LogP contribution in [0, 0.1) is 5.82 Å². The predicted molar refractivity (Wildman–Crippen MR) is 69.5 cm³/mol. The number of benzene rings is 1. The van der Waals surface area contributed by atoms with Crippen LogP contribution in [0.25, 0.3) is 6.08 Å². The van der Waals surface area contributed by atoms with Crippen molar-refractivity contribution in [2.24, 2.45) is 0 Å². The van der Waals surface area contributed by atoms with Gasteiger partial charge in [0.15, 0.2) is 11.6 Å². The van der Waals surface area contributed by atoms with Crippen molar-refractivity contribution in [3.8, 4) is 5.75 Å². The highest BCUT2D eigenvalue weighted by molar-refractivity contribution is 7.09. The Morgan fingerprint density at radius 1 is 1.53 bits per heavy atom. The number of carboxylic acids is 1. The first-order chi connectivity index (χ1) is 9.15. The van der Waals surface area contributed by atoms with E-state index >= 15 is 0 Å². The second-order valence-corrected chi connectivity index (χ2v) is 4.59. The fourth-order valence-corrected chi connectivity index (χ4v) is 1.87. The van der Waals surface area contributed by atoms with E-state index in [1.54, 1.807) is 17.8 Å². The highest BCUT2D eigenvalue weighted by atomic mass is 32.1. The fraction of sp³-hybridized carbons (Fsp3) is 0.0769. The molecule has 0 spiro atoms. The third kappa shape index (κ3) is 3.89. The summed E-state index contributed by atoms with van der Waals surface area (Å²) in [6.45, 7) is 0.256. The van der Waals surface area contributed by atoms with Gasteiger partial charge in [-0.25, -0.2) is 9.18 Å². The van der Waals surface area contributed by atoms with Gasteiger partial charge < -0.3 is 9.84 Å². The Kier molecular flexibility index (Phi) is 4.25. The molecule has 4 nitrogen and oxygen atoms in total. The lowest BCUT2D eigenvalue weighted by Gasteiger charge is -2.06. The van der Waals surface area contributed by atoms with Crippen molar-refractivity contribution in [2.75, 3.05) is 0 Å².